The lowest BCUT2D eigenvalue weighted by Crippen LogP contribution is -2.37. The van der Waals surface area contributed by atoms with Gasteiger partial charge in [0.1, 0.15) is 5.69 Å². The zero-order valence-corrected chi connectivity index (χ0v) is 14.5. The van der Waals surface area contributed by atoms with Crippen LogP contribution in [0.5, 0.6) is 0 Å². The molecule has 0 spiro atoms. The average Bonchev–Trinajstić information content (AvgIpc) is 3.07. The van der Waals surface area contributed by atoms with Gasteiger partial charge in [-0.2, -0.15) is 5.10 Å². The van der Waals surface area contributed by atoms with Gasteiger partial charge in [-0.3, -0.25) is 9.48 Å². The van der Waals surface area contributed by atoms with Crippen LogP contribution in [-0.4, -0.2) is 59.9 Å². The highest BCUT2D eigenvalue weighted by Gasteiger charge is 2.17. The fourth-order valence-electron chi connectivity index (χ4n) is 3.32. The fraction of sp³-hybridized carbons (Fsp3) is 0.750. The number of hydrogen-bond donors (Lipinski definition) is 2. The van der Waals surface area contributed by atoms with Crippen LogP contribution in [0.1, 0.15) is 48.6 Å². The van der Waals surface area contributed by atoms with Crippen molar-refractivity contribution in [2.24, 2.45) is 0 Å². The van der Waals surface area contributed by atoms with Crippen LogP contribution in [0, 0.1) is 0 Å². The number of nitrogens with one attached hydrogen (secondary N) is 2. The molecule has 1 amide bonds. The normalized spacial score (nSPS) is 22.3. The van der Waals surface area contributed by atoms with Gasteiger partial charge < -0.3 is 15.5 Å². The van der Waals surface area contributed by atoms with Crippen molar-refractivity contribution in [3.63, 3.8) is 0 Å². The molecule has 1 aromatic rings. The predicted octanol–water partition coefficient (Wildman–Crippen LogP) is 1.45. The molecule has 3 heterocycles. The van der Waals surface area contributed by atoms with Crippen LogP contribution in [0.25, 0.3) is 0 Å². The minimum Gasteiger partial charge on any atom is -0.349 e. The molecule has 2 aliphatic rings. The van der Waals surface area contributed by atoms with E-state index in [0.29, 0.717) is 18.3 Å². The maximum atomic E-state index is 12.2. The molecule has 0 saturated carbocycles. The van der Waals surface area contributed by atoms with Gasteiger partial charge in [0.2, 0.25) is 0 Å². The van der Waals surface area contributed by atoms with Crippen LogP contribution in [-0.2, 0) is 0 Å². The van der Waals surface area contributed by atoms with Gasteiger partial charge in [-0.25, -0.2) is 0 Å². The molecule has 0 radical (unpaired) electrons. The minimum atomic E-state index is -0.0560. The predicted molar refractivity (Wildman–Crippen MR) is 93.2 cm³/mol. The molecule has 0 aromatic carbocycles. The van der Waals surface area contributed by atoms with E-state index in [4.69, 9.17) is 0 Å². The van der Waals surface area contributed by atoms with E-state index < -0.39 is 0 Å². The van der Waals surface area contributed by atoms with E-state index in [9.17, 15) is 4.79 Å². The number of amides is 1. The van der Waals surface area contributed by atoms with Crippen molar-refractivity contribution < 1.29 is 4.79 Å². The first-order chi connectivity index (χ1) is 10.8. The molecular weight excluding hydrogens is 314 g/mol. The number of carbonyl (C=O) groups excluding carboxylic acids is 1. The van der Waals surface area contributed by atoms with E-state index in [1.165, 1.54) is 38.8 Å². The molecular formula is C16H28ClN5O. The zero-order chi connectivity index (χ0) is 15.2. The fourth-order valence-corrected chi connectivity index (χ4v) is 3.32. The van der Waals surface area contributed by atoms with Crippen LogP contribution in [0.2, 0.25) is 0 Å². The third kappa shape index (κ3) is 5.19. The second-order valence-electron chi connectivity index (χ2n) is 6.34. The Morgan fingerprint density at radius 3 is 2.87 bits per heavy atom. The molecule has 0 bridgehead atoms. The lowest BCUT2D eigenvalue weighted by atomic mass is 10.1. The monoisotopic (exact) mass is 341 g/mol. The molecule has 1 unspecified atom stereocenters. The molecule has 2 N–H and O–H groups in total. The summed E-state index contributed by atoms with van der Waals surface area (Å²) < 4.78 is 1.94. The Balaban J connectivity index is 0.00000192. The molecule has 2 fully saturated rings. The lowest BCUT2D eigenvalue weighted by molar-refractivity contribution is 0.0940. The number of likely N-dealkylation sites (tertiary alicyclic amines) is 1. The second kappa shape index (κ2) is 9.25. The maximum Gasteiger partial charge on any atom is 0.271 e. The first kappa shape index (κ1) is 18.2. The maximum absolute atomic E-state index is 12.2. The molecule has 3 rings (SSSR count). The second-order valence-corrected chi connectivity index (χ2v) is 6.34. The third-order valence-corrected chi connectivity index (χ3v) is 4.65. The standard InChI is InChI=1S/C16H27N5O.ClH/c22-16(18-8-12-20-9-2-1-3-10-20)15-6-11-21(19-15)14-5-4-7-17-13-14;/h6,11,14,17H,1-5,7-10,12-13H2,(H,18,22);1H. The van der Waals surface area contributed by atoms with E-state index in [0.717, 1.165) is 26.1 Å². The Hall–Kier alpha value is -1.11. The van der Waals surface area contributed by atoms with Crippen LogP contribution in [0.4, 0.5) is 0 Å². The topological polar surface area (TPSA) is 62.2 Å². The summed E-state index contributed by atoms with van der Waals surface area (Å²) in [6, 6.07) is 2.20. The van der Waals surface area contributed by atoms with E-state index >= 15 is 0 Å². The van der Waals surface area contributed by atoms with Gasteiger partial charge in [-0.15, -0.1) is 12.4 Å². The molecule has 7 heteroatoms. The lowest BCUT2D eigenvalue weighted by Gasteiger charge is -2.26. The Labute approximate surface area is 144 Å². The Kier molecular flexibility index (Phi) is 7.33. The first-order valence-electron chi connectivity index (χ1n) is 8.59. The van der Waals surface area contributed by atoms with Crippen LogP contribution >= 0.6 is 12.4 Å². The number of aromatic nitrogens is 2. The van der Waals surface area contributed by atoms with Gasteiger partial charge in [0.25, 0.3) is 5.91 Å². The molecule has 23 heavy (non-hydrogen) atoms. The number of piperidine rings is 2. The summed E-state index contributed by atoms with van der Waals surface area (Å²) in [7, 11) is 0. The highest BCUT2D eigenvalue weighted by molar-refractivity contribution is 5.92. The van der Waals surface area contributed by atoms with Crippen LogP contribution < -0.4 is 10.6 Å². The Morgan fingerprint density at radius 1 is 1.30 bits per heavy atom. The number of rotatable bonds is 5. The minimum absolute atomic E-state index is 0. The Bertz CT molecular complexity index is 481. The SMILES string of the molecule is Cl.O=C(NCCN1CCCCC1)c1ccn(C2CCCNC2)n1. The van der Waals surface area contributed by atoms with Gasteiger partial charge in [0.15, 0.2) is 0 Å². The largest absolute Gasteiger partial charge is 0.349 e. The molecule has 130 valence electrons. The summed E-state index contributed by atoms with van der Waals surface area (Å²) in [4.78, 5) is 14.6. The molecule has 0 aliphatic carbocycles. The Morgan fingerprint density at radius 2 is 2.13 bits per heavy atom. The summed E-state index contributed by atoms with van der Waals surface area (Å²) in [6.45, 7) is 6.01. The summed E-state index contributed by atoms with van der Waals surface area (Å²) in [5, 5.41) is 10.8. The zero-order valence-electron chi connectivity index (χ0n) is 13.7. The number of hydrogen-bond acceptors (Lipinski definition) is 4. The van der Waals surface area contributed by atoms with Crippen LogP contribution in [0.3, 0.4) is 0 Å². The van der Waals surface area contributed by atoms with Crippen molar-refractivity contribution in [3.05, 3.63) is 18.0 Å². The molecule has 6 nitrogen and oxygen atoms in total. The van der Waals surface area contributed by atoms with Crippen molar-refractivity contribution in [1.29, 1.82) is 0 Å². The van der Waals surface area contributed by atoms with E-state index in [-0.39, 0.29) is 18.3 Å². The number of nitrogens with zero attached hydrogens (tertiary/aromatic N) is 3. The first-order valence-corrected chi connectivity index (χ1v) is 8.59. The quantitative estimate of drug-likeness (QED) is 0.851. The number of halogens is 1. The van der Waals surface area contributed by atoms with Gasteiger partial charge in [-0.1, -0.05) is 6.42 Å². The van der Waals surface area contributed by atoms with E-state index in [1.54, 1.807) is 0 Å². The molecule has 2 saturated heterocycles. The van der Waals surface area contributed by atoms with Crippen molar-refractivity contribution in [2.75, 3.05) is 39.3 Å². The van der Waals surface area contributed by atoms with E-state index in [2.05, 4.69) is 20.6 Å². The summed E-state index contributed by atoms with van der Waals surface area (Å²) >= 11 is 0. The third-order valence-electron chi connectivity index (χ3n) is 4.65. The number of carbonyl (C=O) groups is 1. The highest BCUT2D eigenvalue weighted by Crippen LogP contribution is 2.15. The van der Waals surface area contributed by atoms with Crippen molar-refractivity contribution in [3.8, 4) is 0 Å². The molecule has 2 aliphatic heterocycles. The summed E-state index contributed by atoms with van der Waals surface area (Å²) in [5.41, 5.74) is 0.532. The highest BCUT2D eigenvalue weighted by atomic mass is 35.5. The van der Waals surface area contributed by atoms with Crippen molar-refractivity contribution in [1.82, 2.24) is 25.3 Å². The summed E-state index contributed by atoms with van der Waals surface area (Å²) in [6.07, 6.45) is 8.14. The van der Waals surface area contributed by atoms with Gasteiger partial charge in [0, 0.05) is 25.8 Å². The summed E-state index contributed by atoms with van der Waals surface area (Å²) in [5.74, 6) is -0.0560. The molecule has 1 aromatic heterocycles. The van der Waals surface area contributed by atoms with Gasteiger partial charge in [0.05, 0.1) is 6.04 Å². The van der Waals surface area contributed by atoms with Gasteiger partial charge in [-0.05, 0) is 51.4 Å². The molecule has 1 atom stereocenters. The smallest absolute Gasteiger partial charge is 0.271 e. The van der Waals surface area contributed by atoms with Gasteiger partial charge >= 0.3 is 0 Å². The van der Waals surface area contributed by atoms with E-state index in [1.807, 2.05) is 16.9 Å². The van der Waals surface area contributed by atoms with Crippen molar-refractivity contribution >= 4 is 18.3 Å². The average molecular weight is 342 g/mol. The van der Waals surface area contributed by atoms with Crippen molar-refractivity contribution in [2.45, 2.75) is 38.1 Å². The van der Waals surface area contributed by atoms with Crippen LogP contribution in [0.15, 0.2) is 12.3 Å².